The average molecular weight is 560 g/mol. The first kappa shape index (κ1) is 26.1. The number of thiazole rings is 1. The molecule has 0 aliphatic carbocycles. The molecule has 1 aromatic carbocycles. The van der Waals surface area contributed by atoms with Gasteiger partial charge in [0, 0.05) is 32.7 Å². The van der Waals surface area contributed by atoms with Crippen molar-refractivity contribution in [1.29, 1.82) is 0 Å². The van der Waals surface area contributed by atoms with Crippen molar-refractivity contribution in [2.45, 2.75) is 23.6 Å². The van der Waals surface area contributed by atoms with Gasteiger partial charge in [0.2, 0.25) is 0 Å². The van der Waals surface area contributed by atoms with Gasteiger partial charge in [-0.05, 0) is 37.1 Å². The molecule has 0 spiro atoms. The number of sulfonamides is 1. The van der Waals surface area contributed by atoms with Crippen LogP contribution < -0.4 is 14.3 Å². The van der Waals surface area contributed by atoms with Gasteiger partial charge in [-0.15, -0.1) is 11.3 Å². The van der Waals surface area contributed by atoms with Crippen LogP contribution in [0.25, 0.3) is 10.2 Å². The van der Waals surface area contributed by atoms with Crippen LogP contribution in [0.4, 0.5) is 0 Å². The number of carbonyl (C=O) groups excluding carboxylic acids is 1. The minimum absolute atomic E-state index is 0.212. The third kappa shape index (κ3) is 5.27. The zero-order valence-electron chi connectivity index (χ0n) is 19.5. The van der Waals surface area contributed by atoms with Gasteiger partial charge in [-0.1, -0.05) is 22.9 Å². The molecule has 4 rings (SSSR count). The summed E-state index contributed by atoms with van der Waals surface area (Å²) in [4.78, 5) is 18.1. The molecule has 0 radical (unpaired) electrons. The number of ether oxygens (including phenoxy) is 3. The highest BCUT2D eigenvalue weighted by Crippen LogP contribution is 2.35. The predicted octanol–water partition coefficient (Wildman–Crippen LogP) is 3.61. The van der Waals surface area contributed by atoms with Crippen molar-refractivity contribution in [3.8, 4) is 11.5 Å². The van der Waals surface area contributed by atoms with Crippen molar-refractivity contribution in [3.63, 3.8) is 0 Å². The molecule has 2 aromatic heterocycles. The van der Waals surface area contributed by atoms with E-state index >= 15 is 0 Å². The van der Waals surface area contributed by atoms with Gasteiger partial charge in [-0.3, -0.25) is 4.79 Å². The highest BCUT2D eigenvalue weighted by Gasteiger charge is 2.33. The van der Waals surface area contributed by atoms with Gasteiger partial charge in [0.15, 0.2) is 4.80 Å². The number of methoxy groups -OCH3 is 3. The Labute approximate surface area is 216 Å². The van der Waals surface area contributed by atoms with Crippen LogP contribution in [0.5, 0.6) is 11.5 Å². The van der Waals surface area contributed by atoms with E-state index in [-0.39, 0.29) is 29.1 Å². The Morgan fingerprint density at radius 1 is 1.09 bits per heavy atom. The van der Waals surface area contributed by atoms with Crippen molar-refractivity contribution in [3.05, 3.63) is 33.4 Å². The maximum atomic E-state index is 13.2. The average Bonchev–Trinajstić information content (AvgIpc) is 3.46. The molecule has 9 nitrogen and oxygen atoms in total. The molecular formula is C22H26ClN3O6S3. The zero-order valence-corrected chi connectivity index (χ0v) is 22.7. The predicted molar refractivity (Wildman–Crippen MR) is 136 cm³/mol. The van der Waals surface area contributed by atoms with E-state index in [4.69, 9.17) is 25.8 Å². The summed E-state index contributed by atoms with van der Waals surface area (Å²) in [6.07, 6.45) is 0.798. The summed E-state index contributed by atoms with van der Waals surface area (Å²) in [7, 11) is 1.18. The Balaban J connectivity index is 1.61. The molecule has 0 bridgehead atoms. The van der Waals surface area contributed by atoms with Gasteiger partial charge in [0.1, 0.15) is 25.9 Å². The van der Waals surface area contributed by atoms with Crippen LogP contribution in [0.2, 0.25) is 4.34 Å². The molecular weight excluding hydrogens is 534 g/mol. The summed E-state index contributed by atoms with van der Waals surface area (Å²) >= 11 is 8.29. The van der Waals surface area contributed by atoms with Crippen LogP contribution in [0.1, 0.15) is 12.8 Å². The highest BCUT2D eigenvalue weighted by molar-refractivity contribution is 7.91. The van der Waals surface area contributed by atoms with Gasteiger partial charge in [0.05, 0.1) is 25.2 Å². The topological polar surface area (TPSA) is 99.4 Å². The lowest BCUT2D eigenvalue weighted by Crippen LogP contribution is -2.40. The fourth-order valence-corrected chi connectivity index (χ4v) is 8.30. The molecule has 1 fully saturated rings. The largest absolute Gasteiger partial charge is 0.495 e. The van der Waals surface area contributed by atoms with Crippen LogP contribution in [-0.2, 0) is 26.1 Å². The molecule has 35 heavy (non-hydrogen) atoms. The summed E-state index contributed by atoms with van der Waals surface area (Å²) in [6.45, 7) is 1.41. The van der Waals surface area contributed by atoms with Gasteiger partial charge in [0.25, 0.3) is 15.9 Å². The van der Waals surface area contributed by atoms with Crippen molar-refractivity contribution in [2.24, 2.45) is 10.9 Å². The quantitative estimate of drug-likeness (QED) is 0.418. The number of hydrogen-bond acceptors (Lipinski definition) is 8. The summed E-state index contributed by atoms with van der Waals surface area (Å²) in [5.74, 6) is 0.683. The van der Waals surface area contributed by atoms with E-state index in [2.05, 4.69) is 4.99 Å². The fraction of sp³-hybridized carbons (Fsp3) is 0.455. The summed E-state index contributed by atoms with van der Waals surface area (Å²) in [5, 5.41) is 0. The number of amides is 1. The monoisotopic (exact) mass is 559 g/mol. The van der Waals surface area contributed by atoms with Gasteiger partial charge < -0.3 is 18.8 Å². The summed E-state index contributed by atoms with van der Waals surface area (Å²) < 4.78 is 46.8. The fourth-order valence-electron chi connectivity index (χ4n) is 4.02. The number of piperidine rings is 1. The van der Waals surface area contributed by atoms with Crippen molar-refractivity contribution >= 4 is 60.4 Å². The number of nitrogens with zero attached hydrogens (tertiary/aromatic N) is 3. The number of thiophene rings is 1. The van der Waals surface area contributed by atoms with Crippen LogP contribution in [-0.4, -0.2) is 64.2 Å². The van der Waals surface area contributed by atoms with E-state index in [1.54, 1.807) is 27.4 Å². The Morgan fingerprint density at radius 3 is 2.37 bits per heavy atom. The van der Waals surface area contributed by atoms with Crippen LogP contribution in [0.15, 0.2) is 33.5 Å². The third-order valence-corrected chi connectivity index (χ3v) is 10.6. The number of aromatic nitrogens is 1. The number of fused-ring (bicyclic) bond motifs is 1. The molecule has 190 valence electrons. The molecule has 1 aliphatic rings. The second-order valence-electron chi connectivity index (χ2n) is 7.86. The number of benzene rings is 1. The van der Waals surface area contributed by atoms with E-state index in [1.807, 2.05) is 16.7 Å². The van der Waals surface area contributed by atoms with Crippen LogP contribution >= 0.6 is 34.3 Å². The standard InChI is InChI=1S/C22H26ClN3O6S3/c1-30-13-12-26-19-15(31-2)4-5-16(32-3)20(19)34-22(26)24-21(27)14-8-10-25(11-9-14)35(28,29)18-7-6-17(23)33-18/h4-7,14H,8-13H2,1-3H3. The van der Waals surface area contributed by atoms with Crippen LogP contribution in [0.3, 0.4) is 0 Å². The molecule has 1 aliphatic heterocycles. The first-order valence-corrected chi connectivity index (χ1v) is 14.3. The molecule has 3 heterocycles. The second kappa shape index (κ2) is 11.0. The normalized spacial score (nSPS) is 16.2. The maximum Gasteiger partial charge on any atom is 0.252 e. The highest BCUT2D eigenvalue weighted by atomic mass is 35.5. The van der Waals surface area contributed by atoms with Crippen molar-refractivity contribution < 1.29 is 27.4 Å². The molecule has 0 N–H and O–H groups in total. The van der Waals surface area contributed by atoms with Crippen molar-refractivity contribution in [2.75, 3.05) is 41.0 Å². The maximum absolute atomic E-state index is 13.2. The molecule has 0 atom stereocenters. The molecule has 1 saturated heterocycles. The first-order valence-electron chi connectivity index (χ1n) is 10.9. The smallest absolute Gasteiger partial charge is 0.252 e. The molecule has 1 amide bonds. The number of halogens is 1. The second-order valence-corrected chi connectivity index (χ2v) is 12.7. The molecule has 0 saturated carbocycles. The van der Waals surface area contributed by atoms with Gasteiger partial charge >= 0.3 is 0 Å². The Kier molecular flexibility index (Phi) is 8.19. The van der Waals surface area contributed by atoms with E-state index < -0.39 is 10.0 Å². The lowest BCUT2D eigenvalue weighted by molar-refractivity contribution is -0.122. The van der Waals surface area contributed by atoms with E-state index in [1.165, 1.54) is 21.7 Å². The van der Waals surface area contributed by atoms with Crippen LogP contribution in [0, 0.1) is 5.92 Å². The Morgan fingerprint density at radius 2 is 1.77 bits per heavy atom. The number of hydrogen-bond donors (Lipinski definition) is 0. The SMILES string of the molecule is COCCn1c(=NC(=O)C2CCN(S(=O)(=O)c3ccc(Cl)s3)CC2)sc2c(OC)ccc(OC)c21. The van der Waals surface area contributed by atoms with E-state index in [9.17, 15) is 13.2 Å². The third-order valence-electron chi connectivity index (χ3n) is 5.86. The Hall–Kier alpha value is -1.96. The number of carbonyl (C=O) groups is 1. The Bertz CT molecular complexity index is 1390. The summed E-state index contributed by atoms with van der Waals surface area (Å²) in [6, 6.07) is 6.72. The zero-order chi connectivity index (χ0) is 25.2. The van der Waals surface area contributed by atoms with E-state index in [0.29, 0.717) is 46.6 Å². The lowest BCUT2D eigenvalue weighted by Gasteiger charge is -2.29. The molecule has 0 unspecified atom stereocenters. The minimum atomic E-state index is -3.62. The minimum Gasteiger partial charge on any atom is -0.495 e. The van der Waals surface area contributed by atoms with Crippen molar-refractivity contribution in [1.82, 2.24) is 8.87 Å². The summed E-state index contributed by atoms with van der Waals surface area (Å²) in [5.41, 5.74) is 0.788. The first-order chi connectivity index (χ1) is 16.8. The van der Waals surface area contributed by atoms with Gasteiger partial charge in [-0.2, -0.15) is 9.30 Å². The lowest BCUT2D eigenvalue weighted by atomic mass is 9.98. The van der Waals surface area contributed by atoms with E-state index in [0.717, 1.165) is 21.6 Å². The molecule has 3 aromatic rings. The van der Waals surface area contributed by atoms with Gasteiger partial charge in [-0.25, -0.2) is 8.42 Å². The molecule has 13 heteroatoms. The number of rotatable bonds is 8.